The normalized spacial score (nSPS) is 11.9. The molecule has 0 aliphatic carbocycles. The van der Waals surface area contributed by atoms with E-state index in [2.05, 4.69) is 4.99 Å². The summed E-state index contributed by atoms with van der Waals surface area (Å²) in [6.45, 7) is 1.83. The van der Waals surface area contributed by atoms with Crippen LogP contribution in [0.3, 0.4) is 0 Å². The zero-order valence-corrected chi connectivity index (χ0v) is 8.51. The Hall–Kier alpha value is -0.562. The van der Waals surface area contributed by atoms with Crippen molar-refractivity contribution in [3.8, 4) is 0 Å². The first kappa shape index (κ1) is 9.44. The number of aliphatic imine (C=N–C) groups is 1. The Morgan fingerprint density at radius 2 is 2.30 bits per heavy atom. The van der Waals surface area contributed by atoms with Gasteiger partial charge < -0.3 is 0 Å². The van der Waals surface area contributed by atoms with Crippen LogP contribution in [0.25, 0.3) is 0 Å². The van der Waals surface area contributed by atoms with Gasteiger partial charge in [-0.15, -0.1) is 0 Å². The quantitative estimate of drug-likeness (QED) is 0.446. The van der Waals surface area contributed by atoms with Crippen LogP contribution in [0.4, 0.5) is 0 Å². The van der Waals surface area contributed by atoms with E-state index in [4.69, 9.17) is 5.73 Å². The third-order valence-corrected chi connectivity index (χ3v) is 1.82. The molecule has 0 amide bonds. The second-order valence-electron chi connectivity index (χ2n) is 1.48. The minimum atomic E-state index is 0.308. The van der Waals surface area contributed by atoms with Gasteiger partial charge in [0, 0.05) is 0 Å². The fourth-order valence-electron chi connectivity index (χ4n) is 0.279. The molecule has 0 fully saturated rings. The second kappa shape index (κ2) is 5.24. The molecule has 54 valence electrons. The summed E-state index contributed by atoms with van der Waals surface area (Å²) in [5, 5.41) is 0. The van der Waals surface area contributed by atoms with Crippen molar-refractivity contribution in [3.05, 3.63) is 12.3 Å². The molecule has 0 saturated carbocycles. The molecule has 0 aromatic carbocycles. The SMILES string of the molecule is CC=CN=C(N)[C](=[W])C=O. The molecule has 4 heteroatoms. The van der Waals surface area contributed by atoms with Gasteiger partial charge in [0.1, 0.15) is 0 Å². The first-order chi connectivity index (χ1) is 4.72. The van der Waals surface area contributed by atoms with Crippen LogP contribution < -0.4 is 5.73 Å². The molecular formula is C6H8N2OW. The average molecular weight is 308 g/mol. The first-order valence-electron chi connectivity index (χ1n) is 2.66. The maximum atomic E-state index is 10.1. The number of allylic oxidation sites excluding steroid dienone is 1. The van der Waals surface area contributed by atoms with Crippen LogP contribution in [0, 0.1) is 0 Å². The van der Waals surface area contributed by atoms with Gasteiger partial charge in [0.2, 0.25) is 0 Å². The molecule has 10 heavy (non-hydrogen) atoms. The molecule has 0 atom stereocenters. The number of rotatable bonds is 3. The van der Waals surface area contributed by atoms with Crippen molar-refractivity contribution in [2.75, 3.05) is 0 Å². The van der Waals surface area contributed by atoms with Crippen molar-refractivity contribution >= 4 is 16.0 Å². The fourth-order valence-corrected chi connectivity index (χ4v) is 0.468. The summed E-state index contributed by atoms with van der Waals surface area (Å²) in [6.07, 6.45) is 4.03. The van der Waals surface area contributed by atoms with Crippen molar-refractivity contribution in [1.29, 1.82) is 0 Å². The molecule has 0 aromatic heterocycles. The summed E-state index contributed by atoms with van der Waals surface area (Å²) in [7, 11) is 0. The van der Waals surface area contributed by atoms with Crippen LogP contribution in [0.2, 0.25) is 0 Å². The van der Waals surface area contributed by atoms with Crippen LogP contribution in [-0.2, 0) is 24.1 Å². The maximum absolute atomic E-state index is 10.1. The van der Waals surface area contributed by atoms with Crippen molar-refractivity contribution < 1.29 is 24.1 Å². The van der Waals surface area contributed by atoms with Crippen LogP contribution >= 0.6 is 0 Å². The molecule has 0 saturated heterocycles. The standard InChI is InChI=1S/C6H8N2O.W/c1-2-4-8-6(7)3-5-9;/h2,4-5H,1H3,(H2,7,8);. The monoisotopic (exact) mass is 308 g/mol. The second-order valence-corrected chi connectivity index (χ2v) is 3.06. The third kappa shape index (κ3) is 3.46. The molecule has 0 aliphatic rings. The Kier molecular flexibility index (Phi) is 4.95. The number of amidine groups is 1. The number of carbonyl (C=O) groups is 1. The molecule has 3 nitrogen and oxygen atoms in total. The molecular weight excluding hydrogens is 300 g/mol. The van der Waals surface area contributed by atoms with Gasteiger partial charge in [-0.05, 0) is 0 Å². The summed E-state index contributed by atoms with van der Waals surface area (Å²) >= 11 is 1.04. The molecule has 2 N–H and O–H groups in total. The summed E-state index contributed by atoms with van der Waals surface area (Å²) in [6, 6.07) is 0. The van der Waals surface area contributed by atoms with E-state index in [9.17, 15) is 4.79 Å². The summed E-state index contributed by atoms with van der Waals surface area (Å²) in [5.74, 6) is 0.308. The molecule has 0 aromatic rings. The zero-order chi connectivity index (χ0) is 7.98. The topological polar surface area (TPSA) is 55.4 Å². The van der Waals surface area contributed by atoms with Crippen LogP contribution in [-0.4, -0.2) is 16.0 Å². The average Bonchev–Trinajstić information content (AvgIpc) is 1.98. The molecule has 0 radical (unpaired) electrons. The van der Waals surface area contributed by atoms with E-state index >= 15 is 0 Å². The molecule has 0 aliphatic heterocycles. The number of carbonyl (C=O) groups excluding carboxylic acids is 1. The number of hydrogen-bond donors (Lipinski definition) is 1. The van der Waals surface area contributed by atoms with E-state index in [1.807, 2.05) is 6.92 Å². The van der Waals surface area contributed by atoms with Gasteiger partial charge in [0.15, 0.2) is 0 Å². The molecule has 0 bridgehead atoms. The van der Waals surface area contributed by atoms with Crippen LogP contribution in [0.5, 0.6) is 0 Å². The number of hydrogen-bond acceptors (Lipinski definition) is 2. The summed E-state index contributed by atoms with van der Waals surface area (Å²) in [5.41, 5.74) is 5.37. The number of aldehydes is 1. The van der Waals surface area contributed by atoms with Gasteiger partial charge in [0.25, 0.3) is 0 Å². The van der Waals surface area contributed by atoms with Gasteiger partial charge in [-0.25, -0.2) is 0 Å². The predicted molar refractivity (Wildman–Crippen MR) is 37.5 cm³/mol. The van der Waals surface area contributed by atoms with Gasteiger partial charge in [-0.3, -0.25) is 0 Å². The van der Waals surface area contributed by atoms with Gasteiger partial charge in [0.05, 0.1) is 0 Å². The summed E-state index contributed by atoms with van der Waals surface area (Å²) in [4.78, 5) is 13.9. The van der Waals surface area contributed by atoms with Gasteiger partial charge >= 0.3 is 70.1 Å². The van der Waals surface area contributed by atoms with Crippen molar-refractivity contribution in [2.24, 2.45) is 10.7 Å². The predicted octanol–water partition coefficient (Wildman–Crippen LogP) is -0.205. The number of nitrogens with two attached hydrogens (primary N) is 1. The van der Waals surface area contributed by atoms with E-state index in [0.29, 0.717) is 9.73 Å². The van der Waals surface area contributed by atoms with Gasteiger partial charge in [-0.1, -0.05) is 0 Å². The van der Waals surface area contributed by atoms with E-state index in [1.165, 1.54) is 0 Å². The Labute approximate surface area is 70.4 Å². The Morgan fingerprint density at radius 3 is 2.70 bits per heavy atom. The van der Waals surface area contributed by atoms with E-state index < -0.39 is 0 Å². The van der Waals surface area contributed by atoms with Gasteiger partial charge in [-0.2, -0.15) is 0 Å². The Balaban J connectivity index is 4.18. The van der Waals surface area contributed by atoms with Crippen molar-refractivity contribution in [1.82, 2.24) is 0 Å². The fraction of sp³-hybridized carbons (Fsp3) is 0.167. The van der Waals surface area contributed by atoms with Crippen molar-refractivity contribution in [2.45, 2.75) is 6.92 Å². The van der Waals surface area contributed by atoms with E-state index in [-0.39, 0.29) is 0 Å². The molecule has 0 heterocycles. The van der Waals surface area contributed by atoms with Crippen molar-refractivity contribution in [3.63, 3.8) is 0 Å². The Morgan fingerprint density at radius 1 is 1.70 bits per heavy atom. The summed E-state index contributed by atoms with van der Waals surface area (Å²) < 4.78 is 0.540. The third-order valence-electron chi connectivity index (χ3n) is 0.722. The molecule has 0 unspecified atom stereocenters. The first-order valence-corrected chi connectivity index (χ1v) is 4.13. The molecule has 0 spiro atoms. The minimum absolute atomic E-state index is 0.308. The number of nitrogens with zero attached hydrogens (tertiary/aromatic N) is 1. The zero-order valence-electron chi connectivity index (χ0n) is 5.57. The molecule has 0 rings (SSSR count). The van der Waals surface area contributed by atoms with E-state index in [0.717, 1.165) is 25.6 Å². The van der Waals surface area contributed by atoms with Crippen LogP contribution in [0.15, 0.2) is 17.3 Å². The Bertz CT molecular complexity index is 196. The van der Waals surface area contributed by atoms with E-state index in [1.54, 1.807) is 12.3 Å². The van der Waals surface area contributed by atoms with Crippen LogP contribution in [0.1, 0.15) is 6.92 Å².